The zero-order valence-electron chi connectivity index (χ0n) is 41.7. The second-order valence-corrected chi connectivity index (χ2v) is 18.9. The molecule has 0 aromatic heterocycles. The summed E-state index contributed by atoms with van der Waals surface area (Å²) in [7, 11) is 1.51. The second kappa shape index (κ2) is 45.8. The molecule has 0 saturated carbocycles. The summed E-state index contributed by atoms with van der Waals surface area (Å²) in [5, 5.41) is 13.8. The summed E-state index contributed by atoms with van der Waals surface area (Å²) in [6.45, 7) is 4.59. The maximum atomic E-state index is 12.9. The van der Waals surface area contributed by atoms with Crippen molar-refractivity contribution in [3.8, 4) is 0 Å². The highest BCUT2D eigenvalue weighted by molar-refractivity contribution is 7.47. The number of rotatable bonds is 43. The molecule has 0 aromatic carbocycles. The minimum absolute atomic E-state index is 0.0439. The van der Waals surface area contributed by atoms with Gasteiger partial charge in [0.25, 0.3) is 0 Å². The third-order valence-electron chi connectivity index (χ3n) is 10.1. The SMILES string of the molecule is CC/C=C\C/C=C\C/C=C\C/C=C\C/C=C\C/C=C\C/C=C\C/C=C\C/C=C\CCCCCCCC(=O)NC(COP(=O)(O)OCC[N+](C)(C)C)C(O)/C=C/CC/C=C/CCCCCC. The van der Waals surface area contributed by atoms with E-state index < -0.39 is 20.0 Å². The number of nitrogens with zero attached hydrogens (tertiary/aromatic N) is 1. The number of carbonyl (C=O) groups excluding carboxylic acids is 1. The van der Waals surface area contributed by atoms with E-state index in [4.69, 9.17) is 9.05 Å². The molecule has 65 heavy (non-hydrogen) atoms. The van der Waals surface area contributed by atoms with Gasteiger partial charge in [-0.1, -0.05) is 186 Å². The molecule has 0 bridgehead atoms. The zero-order chi connectivity index (χ0) is 47.8. The number of quaternary nitrogens is 1. The molecule has 0 aliphatic heterocycles. The Labute approximate surface area is 398 Å². The quantitative estimate of drug-likeness (QED) is 0.0244. The van der Waals surface area contributed by atoms with E-state index in [0.29, 0.717) is 17.4 Å². The summed E-state index contributed by atoms with van der Waals surface area (Å²) in [4.78, 5) is 23.1. The van der Waals surface area contributed by atoms with Crippen LogP contribution in [0.15, 0.2) is 134 Å². The Morgan fingerprint density at radius 3 is 1.42 bits per heavy atom. The van der Waals surface area contributed by atoms with Crippen LogP contribution in [0.25, 0.3) is 0 Å². The average molecular weight is 922 g/mol. The number of aliphatic hydroxyl groups excluding tert-OH is 1. The topological polar surface area (TPSA) is 105 Å². The highest BCUT2D eigenvalue weighted by Crippen LogP contribution is 2.43. The number of aliphatic hydroxyl groups is 1. The lowest BCUT2D eigenvalue weighted by Crippen LogP contribution is -2.45. The van der Waals surface area contributed by atoms with Crippen molar-refractivity contribution in [3.05, 3.63) is 134 Å². The number of hydrogen-bond acceptors (Lipinski definition) is 5. The summed E-state index contributed by atoms with van der Waals surface area (Å²) in [6, 6.07) is -0.882. The molecule has 368 valence electrons. The molecule has 9 heteroatoms. The number of carbonyl (C=O) groups is 1. The van der Waals surface area contributed by atoms with Crippen LogP contribution < -0.4 is 5.32 Å². The lowest BCUT2D eigenvalue weighted by molar-refractivity contribution is -0.870. The Bertz CT molecular complexity index is 1510. The molecule has 3 atom stereocenters. The third kappa shape index (κ3) is 48.4. The van der Waals surface area contributed by atoms with Crippen LogP contribution >= 0.6 is 7.82 Å². The van der Waals surface area contributed by atoms with E-state index in [1.807, 2.05) is 27.2 Å². The van der Waals surface area contributed by atoms with Gasteiger partial charge in [0, 0.05) is 6.42 Å². The van der Waals surface area contributed by atoms with Crippen molar-refractivity contribution in [2.45, 2.75) is 174 Å². The molecule has 3 N–H and O–H groups in total. The van der Waals surface area contributed by atoms with Gasteiger partial charge in [0.05, 0.1) is 39.9 Å². The van der Waals surface area contributed by atoms with Gasteiger partial charge in [0.2, 0.25) is 5.91 Å². The van der Waals surface area contributed by atoms with Crippen LogP contribution in [0.5, 0.6) is 0 Å². The van der Waals surface area contributed by atoms with Gasteiger partial charge >= 0.3 is 7.82 Å². The lowest BCUT2D eigenvalue weighted by atomic mass is 10.1. The molecule has 1 amide bonds. The smallest absolute Gasteiger partial charge is 0.387 e. The van der Waals surface area contributed by atoms with Crippen molar-refractivity contribution in [2.75, 3.05) is 40.9 Å². The van der Waals surface area contributed by atoms with Gasteiger partial charge in [-0.2, -0.15) is 0 Å². The molecule has 8 nitrogen and oxygen atoms in total. The monoisotopic (exact) mass is 922 g/mol. The first-order valence-electron chi connectivity index (χ1n) is 25.1. The highest BCUT2D eigenvalue weighted by Gasteiger charge is 2.27. The van der Waals surface area contributed by atoms with E-state index in [1.165, 1.54) is 25.7 Å². The van der Waals surface area contributed by atoms with Gasteiger partial charge < -0.3 is 19.8 Å². The van der Waals surface area contributed by atoms with Crippen LogP contribution in [0.2, 0.25) is 0 Å². The van der Waals surface area contributed by atoms with Crippen molar-refractivity contribution < 1.29 is 32.9 Å². The van der Waals surface area contributed by atoms with Crippen molar-refractivity contribution in [1.29, 1.82) is 0 Å². The van der Waals surface area contributed by atoms with Crippen LogP contribution in [0, 0.1) is 0 Å². The maximum absolute atomic E-state index is 12.9. The second-order valence-electron chi connectivity index (χ2n) is 17.4. The summed E-state index contributed by atoms with van der Waals surface area (Å²) in [5.41, 5.74) is 0. The molecular formula is C56H94N2O6P+. The summed E-state index contributed by atoms with van der Waals surface area (Å²) >= 11 is 0. The van der Waals surface area contributed by atoms with E-state index in [1.54, 1.807) is 6.08 Å². The molecule has 0 aliphatic rings. The van der Waals surface area contributed by atoms with E-state index >= 15 is 0 Å². The van der Waals surface area contributed by atoms with Crippen molar-refractivity contribution in [1.82, 2.24) is 5.32 Å². The molecular weight excluding hydrogens is 828 g/mol. The number of unbranched alkanes of at least 4 members (excludes halogenated alkanes) is 10. The maximum Gasteiger partial charge on any atom is 0.472 e. The molecule has 0 heterocycles. The number of allylic oxidation sites excluding steroid dienone is 21. The Kier molecular flexibility index (Phi) is 43.4. The Hall–Kier alpha value is -3.36. The third-order valence-corrected chi connectivity index (χ3v) is 11.1. The van der Waals surface area contributed by atoms with Gasteiger partial charge in [-0.05, 0) is 103 Å². The number of hydrogen-bond donors (Lipinski definition) is 3. The predicted octanol–water partition coefficient (Wildman–Crippen LogP) is 14.8. The normalized spacial score (nSPS) is 15.2. The first-order chi connectivity index (χ1) is 31.5. The number of likely N-dealkylation sites (N-methyl/N-ethyl adjacent to an activating group) is 1. The number of phosphoric acid groups is 1. The van der Waals surface area contributed by atoms with Crippen LogP contribution in [-0.4, -0.2) is 73.4 Å². The first kappa shape index (κ1) is 61.6. The van der Waals surface area contributed by atoms with Crippen molar-refractivity contribution in [2.24, 2.45) is 0 Å². The molecule has 0 aliphatic carbocycles. The number of nitrogens with one attached hydrogen (secondary N) is 1. The molecule has 0 aromatic rings. The fourth-order valence-corrected chi connectivity index (χ4v) is 6.90. The average Bonchev–Trinajstić information content (AvgIpc) is 3.26. The van der Waals surface area contributed by atoms with Gasteiger partial charge in [-0.3, -0.25) is 13.8 Å². The highest BCUT2D eigenvalue weighted by atomic mass is 31.2. The molecule has 0 saturated heterocycles. The van der Waals surface area contributed by atoms with Gasteiger partial charge in [-0.25, -0.2) is 4.57 Å². The molecule has 0 spiro atoms. The summed E-state index contributed by atoms with van der Waals surface area (Å²) < 4.78 is 23.5. The van der Waals surface area contributed by atoms with Crippen LogP contribution in [0.1, 0.15) is 162 Å². The standard InChI is InChI=1S/C56H93N2O6P/c1-6-8-10-12-14-16-18-19-20-21-22-23-24-25-26-27-28-29-30-31-32-33-34-35-36-37-38-39-40-42-44-46-48-50-56(60)57-54(53-64-65(61,62)63-52-51-58(3,4)5)55(59)49-47-45-43-41-17-15-13-11-9-7-2/h8,10,14,16-17,19-20,22-23,25-26,28-29,31-32,34-35,37-38,41,47,49,54-55,59H,6-7,9,11-13,15,18,21,24,27,30,33,36,39-40,42-46,48,50-53H2,1-5H3,(H-,57,60,61,62)/p+1/b10-8-,16-14-,20-19-,23-22-,26-25-,29-28-,32-31-,35-34-,38-37-,41-17+,49-47+. The largest absolute Gasteiger partial charge is 0.472 e. The zero-order valence-corrected chi connectivity index (χ0v) is 42.6. The predicted molar refractivity (Wildman–Crippen MR) is 281 cm³/mol. The van der Waals surface area contributed by atoms with Crippen LogP contribution in [0.4, 0.5) is 0 Å². The summed E-state index contributed by atoms with van der Waals surface area (Å²) in [6.07, 6.45) is 69.8. The lowest BCUT2D eigenvalue weighted by Gasteiger charge is -2.25. The van der Waals surface area contributed by atoms with E-state index in [0.717, 1.165) is 116 Å². The van der Waals surface area contributed by atoms with Crippen molar-refractivity contribution in [3.63, 3.8) is 0 Å². The van der Waals surface area contributed by atoms with Gasteiger partial charge in [-0.15, -0.1) is 0 Å². The first-order valence-corrected chi connectivity index (χ1v) is 26.6. The molecule has 3 unspecified atom stereocenters. The van der Waals surface area contributed by atoms with E-state index in [2.05, 4.69) is 141 Å². The summed E-state index contributed by atoms with van der Waals surface area (Å²) in [5.74, 6) is -0.216. The minimum atomic E-state index is -4.36. The molecule has 0 radical (unpaired) electrons. The van der Waals surface area contributed by atoms with Crippen molar-refractivity contribution >= 4 is 13.7 Å². The van der Waals surface area contributed by atoms with Crippen LogP contribution in [0.3, 0.4) is 0 Å². The van der Waals surface area contributed by atoms with E-state index in [9.17, 15) is 19.4 Å². The Balaban J connectivity index is 4.26. The fourth-order valence-electron chi connectivity index (χ4n) is 6.16. The van der Waals surface area contributed by atoms with Gasteiger partial charge in [0.1, 0.15) is 13.2 Å². The Morgan fingerprint density at radius 1 is 0.538 bits per heavy atom. The molecule has 0 fully saturated rings. The Morgan fingerprint density at radius 2 is 0.938 bits per heavy atom. The van der Waals surface area contributed by atoms with Crippen LogP contribution in [-0.2, 0) is 18.4 Å². The molecule has 0 rings (SSSR count). The van der Waals surface area contributed by atoms with Gasteiger partial charge in [0.15, 0.2) is 0 Å². The number of phosphoric ester groups is 1. The number of amides is 1. The fraction of sp³-hybridized carbons (Fsp3) is 0.589. The van der Waals surface area contributed by atoms with E-state index in [-0.39, 0.29) is 19.1 Å². The minimum Gasteiger partial charge on any atom is -0.387 e.